The Morgan fingerprint density at radius 1 is 1.29 bits per heavy atom. The summed E-state index contributed by atoms with van der Waals surface area (Å²) in [4.78, 5) is 21.5. The zero-order chi connectivity index (χ0) is 17.1. The normalized spacial score (nSPS) is 17.3. The van der Waals surface area contributed by atoms with Crippen molar-refractivity contribution in [1.29, 1.82) is 0 Å². The molecular weight excluding hydrogens is 302 g/mol. The minimum atomic E-state index is 0.0555. The standard InChI is InChI=1S/C18H25N5O/c1-4-22(5-2)17-9-8-14(11-19-17)18(24)23-10-6-7-16(23)15-12-20-21(3)13-15/h8-9,11-13,16H,4-7,10H2,1-3H3. The zero-order valence-electron chi connectivity index (χ0n) is 14.6. The first-order valence-electron chi connectivity index (χ1n) is 8.64. The van der Waals surface area contributed by atoms with Crippen molar-refractivity contribution in [2.24, 2.45) is 7.05 Å². The average molecular weight is 327 g/mol. The van der Waals surface area contributed by atoms with Gasteiger partial charge in [0.05, 0.1) is 17.8 Å². The highest BCUT2D eigenvalue weighted by molar-refractivity contribution is 5.94. The molecule has 0 bridgehead atoms. The van der Waals surface area contributed by atoms with Crippen LogP contribution in [0, 0.1) is 0 Å². The van der Waals surface area contributed by atoms with E-state index in [9.17, 15) is 4.79 Å². The van der Waals surface area contributed by atoms with E-state index in [-0.39, 0.29) is 11.9 Å². The minimum Gasteiger partial charge on any atom is -0.357 e. The SMILES string of the molecule is CCN(CC)c1ccc(C(=O)N2CCCC2c2cnn(C)c2)cn1. The van der Waals surface area contributed by atoms with Gasteiger partial charge in [0.1, 0.15) is 5.82 Å². The van der Waals surface area contributed by atoms with Gasteiger partial charge in [0.15, 0.2) is 0 Å². The third-order valence-corrected chi connectivity index (χ3v) is 4.71. The van der Waals surface area contributed by atoms with E-state index in [0.717, 1.165) is 43.9 Å². The number of anilines is 1. The molecule has 0 spiro atoms. The molecule has 1 unspecified atom stereocenters. The third kappa shape index (κ3) is 3.13. The van der Waals surface area contributed by atoms with Crippen LogP contribution in [0.4, 0.5) is 5.82 Å². The summed E-state index contributed by atoms with van der Waals surface area (Å²) in [5, 5.41) is 4.24. The van der Waals surface area contributed by atoms with Crippen molar-refractivity contribution in [2.45, 2.75) is 32.7 Å². The monoisotopic (exact) mass is 327 g/mol. The molecule has 0 saturated carbocycles. The van der Waals surface area contributed by atoms with Gasteiger partial charge in [-0.2, -0.15) is 5.10 Å². The molecule has 1 saturated heterocycles. The van der Waals surface area contributed by atoms with E-state index in [1.807, 2.05) is 36.5 Å². The Hall–Kier alpha value is -2.37. The van der Waals surface area contributed by atoms with Crippen molar-refractivity contribution >= 4 is 11.7 Å². The maximum absolute atomic E-state index is 12.9. The first kappa shape index (κ1) is 16.5. The number of carbonyl (C=O) groups is 1. The molecule has 0 aliphatic carbocycles. The second-order valence-electron chi connectivity index (χ2n) is 6.18. The Labute approximate surface area is 143 Å². The minimum absolute atomic E-state index is 0.0555. The van der Waals surface area contributed by atoms with Crippen LogP contribution in [0.3, 0.4) is 0 Å². The Kier molecular flexibility index (Phi) is 4.83. The first-order valence-corrected chi connectivity index (χ1v) is 8.64. The number of rotatable bonds is 5. The topological polar surface area (TPSA) is 54.3 Å². The lowest BCUT2D eigenvalue weighted by atomic mass is 10.1. The van der Waals surface area contributed by atoms with Gasteiger partial charge >= 0.3 is 0 Å². The molecule has 2 aromatic rings. The largest absolute Gasteiger partial charge is 0.357 e. The van der Waals surface area contributed by atoms with Crippen LogP contribution >= 0.6 is 0 Å². The number of likely N-dealkylation sites (tertiary alicyclic amines) is 1. The molecule has 6 heteroatoms. The third-order valence-electron chi connectivity index (χ3n) is 4.71. The Morgan fingerprint density at radius 2 is 2.08 bits per heavy atom. The van der Waals surface area contributed by atoms with Crippen molar-refractivity contribution in [3.8, 4) is 0 Å². The van der Waals surface area contributed by atoms with Crippen LogP contribution in [0.2, 0.25) is 0 Å². The number of amides is 1. The predicted molar refractivity (Wildman–Crippen MR) is 94.0 cm³/mol. The number of aromatic nitrogens is 3. The Morgan fingerprint density at radius 3 is 2.67 bits per heavy atom. The van der Waals surface area contributed by atoms with Crippen LogP contribution in [0.1, 0.15) is 48.7 Å². The summed E-state index contributed by atoms with van der Waals surface area (Å²) in [6.07, 6.45) is 7.57. The van der Waals surface area contributed by atoms with E-state index in [4.69, 9.17) is 0 Å². The summed E-state index contributed by atoms with van der Waals surface area (Å²) in [6.45, 7) is 6.81. The average Bonchev–Trinajstić information content (AvgIpc) is 3.24. The quantitative estimate of drug-likeness (QED) is 0.847. The molecule has 3 heterocycles. The van der Waals surface area contributed by atoms with Gasteiger partial charge in [0, 0.05) is 44.6 Å². The fourth-order valence-corrected chi connectivity index (χ4v) is 3.38. The molecule has 3 rings (SSSR count). The van der Waals surface area contributed by atoms with Gasteiger partial charge in [0.2, 0.25) is 0 Å². The van der Waals surface area contributed by atoms with Crippen molar-refractivity contribution in [2.75, 3.05) is 24.5 Å². The fraction of sp³-hybridized carbons (Fsp3) is 0.500. The van der Waals surface area contributed by atoms with Gasteiger partial charge in [-0.1, -0.05) is 0 Å². The van der Waals surface area contributed by atoms with E-state index >= 15 is 0 Å². The number of hydrogen-bond acceptors (Lipinski definition) is 4. The number of hydrogen-bond donors (Lipinski definition) is 0. The summed E-state index contributed by atoms with van der Waals surface area (Å²) < 4.78 is 1.79. The number of pyridine rings is 1. The molecule has 0 radical (unpaired) electrons. The molecule has 1 aliphatic heterocycles. The molecular formula is C18H25N5O. The molecule has 24 heavy (non-hydrogen) atoms. The van der Waals surface area contributed by atoms with Crippen LogP contribution < -0.4 is 4.90 Å². The molecule has 0 N–H and O–H groups in total. The van der Waals surface area contributed by atoms with Crippen LogP contribution in [-0.4, -0.2) is 45.2 Å². The Balaban J connectivity index is 1.78. The fourth-order valence-electron chi connectivity index (χ4n) is 3.38. The van der Waals surface area contributed by atoms with Crippen molar-refractivity contribution in [3.05, 3.63) is 41.9 Å². The second kappa shape index (κ2) is 7.03. The molecule has 128 valence electrons. The van der Waals surface area contributed by atoms with Crippen LogP contribution in [-0.2, 0) is 7.05 Å². The molecule has 2 aromatic heterocycles. The number of carbonyl (C=O) groups excluding carboxylic acids is 1. The van der Waals surface area contributed by atoms with E-state index in [2.05, 4.69) is 28.8 Å². The molecule has 1 atom stereocenters. The molecule has 6 nitrogen and oxygen atoms in total. The molecule has 1 amide bonds. The van der Waals surface area contributed by atoms with E-state index < -0.39 is 0 Å². The van der Waals surface area contributed by atoms with Crippen molar-refractivity contribution in [3.63, 3.8) is 0 Å². The maximum atomic E-state index is 12.9. The maximum Gasteiger partial charge on any atom is 0.255 e. The molecule has 1 aliphatic rings. The summed E-state index contributed by atoms with van der Waals surface area (Å²) >= 11 is 0. The number of aryl methyl sites for hydroxylation is 1. The highest BCUT2D eigenvalue weighted by Crippen LogP contribution is 2.32. The van der Waals surface area contributed by atoms with Crippen LogP contribution in [0.15, 0.2) is 30.7 Å². The Bertz CT molecular complexity index is 690. The predicted octanol–water partition coefficient (Wildman–Crippen LogP) is 2.64. The zero-order valence-corrected chi connectivity index (χ0v) is 14.6. The molecule has 1 fully saturated rings. The van der Waals surface area contributed by atoms with Gasteiger partial charge in [-0.3, -0.25) is 9.48 Å². The summed E-state index contributed by atoms with van der Waals surface area (Å²) in [5.74, 6) is 0.974. The second-order valence-corrected chi connectivity index (χ2v) is 6.18. The van der Waals surface area contributed by atoms with E-state index in [1.165, 1.54) is 0 Å². The van der Waals surface area contributed by atoms with Crippen LogP contribution in [0.5, 0.6) is 0 Å². The van der Waals surface area contributed by atoms with Gasteiger partial charge in [0.25, 0.3) is 5.91 Å². The molecule has 0 aromatic carbocycles. The lowest BCUT2D eigenvalue weighted by molar-refractivity contribution is 0.0735. The first-order chi connectivity index (χ1) is 11.6. The smallest absolute Gasteiger partial charge is 0.255 e. The highest BCUT2D eigenvalue weighted by atomic mass is 16.2. The van der Waals surface area contributed by atoms with Gasteiger partial charge in [-0.25, -0.2) is 4.98 Å². The van der Waals surface area contributed by atoms with Gasteiger partial charge < -0.3 is 9.80 Å². The van der Waals surface area contributed by atoms with Crippen molar-refractivity contribution in [1.82, 2.24) is 19.7 Å². The summed E-state index contributed by atoms with van der Waals surface area (Å²) in [5.41, 5.74) is 1.76. The van der Waals surface area contributed by atoms with E-state index in [1.54, 1.807) is 10.9 Å². The van der Waals surface area contributed by atoms with E-state index in [0.29, 0.717) is 5.56 Å². The number of nitrogens with zero attached hydrogens (tertiary/aromatic N) is 5. The van der Waals surface area contributed by atoms with Gasteiger partial charge in [-0.15, -0.1) is 0 Å². The lowest BCUT2D eigenvalue weighted by Gasteiger charge is -2.24. The van der Waals surface area contributed by atoms with Crippen molar-refractivity contribution < 1.29 is 4.79 Å². The summed E-state index contributed by atoms with van der Waals surface area (Å²) in [7, 11) is 1.90. The van der Waals surface area contributed by atoms with Gasteiger partial charge in [-0.05, 0) is 38.8 Å². The van der Waals surface area contributed by atoms with Crippen LogP contribution in [0.25, 0.3) is 0 Å². The highest BCUT2D eigenvalue weighted by Gasteiger charge is 2.31. The summed E-state index contributed by atoms with van der Waals surface area (Å²) in [6, 6.07) is 3.95. The lowest BCUT2D eigenvalue weighted by Crippen LogP contribution is -2.30.